The van der Waals surface area contributed by atoms with Gasteiger partial charge in [-0.15, -0.1) is 0 Å². The van der Waals surface area contributed by atoms with Gasteiger partial charge in [0.15, 0.2) is 0 Å². The molecule has 4 rings (SSSR count). The Labute approximate surface area is 442 Å². The highest BCUT2D eigenvalue weighted by Gasteiger charge is 2.41. The highest BCUT2D eigenvalue weighted by atomic mass is 16.2. The molecule has 0 aliphatic carbocycles. The van der Waals surface area contributed by atoms with E-state index in [9.17, 15) is 43.2 Å². The lowest BCUT2D eigenvalue weighted by atomic mass is 9.98. The SMILES string of the molecule is CC(C)C[C@@H]1NC(=O)[C@@H](CCCN)NC(=O)[C@@H](C(C)C)NC(=O)[C@H](Cc2ccccc2)NC(=O)[C@@H](CC(C)C)NC(=O)[C@@H](CCCN)NC(=O)[C@H](C(C)C)NC(=O)[C@@H]2CCCN2C(=O)[C@@H](Cc2ccccc2)NC1=O. The maximum atomic E-state index is 14.8. The van der Waals surface area contributed by atoms with E-state index in [1.807, 2.05) is 45.9 Å². The van der Waals surface area contributed by atoms with Crippen molar-refractivity contribution < 1.29 is 43.2 Å². The highest BCUT2D eigenvalue weighted by Crippen LogP contribution is 2.22. The fourth-order valence-corrected chi connectivity index (χ4v) is 9.39. The molecule has 2 heterocycles. The van der Waals surface area contributed by atoms with Gasteiger partial charge in [-0.05, 0) is 99.3 Å². The van der Waals surface area contributed by atoms with E-state index in [-0.39, 0.29) is 76.4 Å². The normalized spacial score (nSPS) is 25.7. The molecule has 0 radical (unpaired) electrons. The quantitative estimate of drug-likeness (QED) is 0.114. The molecule has 0 unspecified atom stereocenters. The zero-order chi connectivity index (χ0) is 55.4. The zero-order valence-corrected chi connectivity index (χ0v) is 45.2. The number of nitrogens with zero attached hydrogens (tertiary/aromatic N) is 1. The smallest absolute Gasteiger partial charge is 0.246 e. The van der Waals surface area contributed by atoms with Gasteiger partial charge in [0.1, 0.15) is 54.4 Å². The average molecular weight is 1040 g/mol. The molecule has 9 atom stereocenters. The molecule has 0 saturated carbocycles. The number of fused-ring (bicyclic) bond motifs is 1. The molecule has 2 fully saturated rings. The van der Waals surface area contributed by atoms with Crippen molar-refractivity contribution in [3.8, 4) is 0 Å². The van der Waals surface area contributed by atoms with Gasteiger partial charge in [0.25, 0.3) is 0 Å². The minimum absolute atomic E-state index is 0.00193. The second kappa shape index (κ2) is 30.2. The van der Waals surface area contributed by atoms with Crippen LogP contribution in [0.15, 0.2) is 60.7 Å². The molecule has 2 aliphatic rings. The molecule has 414 valence electrons. The summed E-state index contributed by atoms with van der Waals surface area (Å²) < 4.78 is 0. The molecule has 9 amide bonds. The summed E-state index contributed by atoms with van der Waals surface area (Å²) in [7, 11) is 0. The van der Waals surface area contributed by atoms with E-state index in [1.165, 1.54) is 4.90 Å². The van der Waals surface area contributed by atoms with Crippen molar-refractivity contribution in [3.05, 3.63) is 71.8 Å². The molecule has 20 nitrogen and oxygen atoms in total. The van der Waals surface area contributed by atoms with Crippen molar-refractivity contribution in [2.75, 3.05) is 19.6 Å². The first-order valence-corrected chi connectivity index (χ1v) is 26.8. The number of hydrogen-bond acceptors (Lipinski definition) is 11. The molecule has 2 saturated heterocycles. The van der Waals surface area contributed by atoms with Crippen LogP contribution >= 0.6 is 0 Å². The Bertz CT molecular complexity index is 2230. The number of carbonyl (C=O) groups excluding carboxylic acids is 9. The third-order valence-electron chi connectivity index (χ3n) is 13.5. The summed E-state index contributed by atoms with van der Waals surface area (Å²) in [5.74, 6) is -7.22. The van der Waals surface area contributed by atoms with Gasteiger partial charge in [0, 0.05) is 19.4 Å². The Morgan fingerprint density at radius 3 is 1.23 bits per heavy atom. The van der Waals surface area contributed by atoms with Gasteiger partial charge in [-0.3, -0.25) is 43.2 Å². The lowest BCUT2D eigenvalue weighted by Gasteiger charge is -2.32. The van der Waals surface area contributed by atoms with E-state index in [0.717, 1.165) is 5.56 Å². The zero-order valence-electron chi connectivity index (χ0n) is 45.2. The number of amides is 9. The van der Waals surface area contributed by atoms with Gasteiger partial charge >= 0.3 is 0 Å². The van der Waals surface area contributed by atoms with Crippen molar-refractivity contribution in [2.24, 2.45) is 35.1 Å². The van der Waals surface area contributed by atoms with Crippen LogP contribution in [-0.4, -0.2) is 132 Å². The van der Waals surface area contributed by atoms with Crippen LogP contribution in [0.1, 0.15) is 118 Å². The predicted molar refractivity (Wildman–Crippen MR) is 286 cm³/mol. The van der Waals surface area contributed by atoms with Crippen LogP contribution in [0, 0.1) is 23.7 Å². The molecule has 2 aliphatic heterocycles. The Hall–Kier alpha value is -6.41. The monoisotopic (exact) mass is 1040 g/mol. The van der Waals surface area contributed by atoms with Crippen LogP contribution in [0.3, 0.4) is 0 Å². The van der Waals surface area contributed by atoms with E-state index < -0.39 is 119 Å². The fraction of sp³-hybridized carbons (Fsp3) is 0.618. The summed E-state index contributed by atoms with van der Waals surface area (Å²) >= 11 is 0. The van der Waals surface area contributed by atoms with Crippen LogP contribution in [0.25, 0.3) is 0 Å². The van der Waals surface area contributed by atoms with Crippen LogP contribution in [0.5, 0.6) is 0 Å². The summed E-state index contributed by atoms with van der Waals surface area (Å²) in [6.45, 7) is 14.9. The Morgan fingerprint density at radius 2 is 0.813 bits per heavy atom. The van der Waals surface area contributed by atoms with Crippen molar-refractivity contribution in [1.82, 2.24) is 47.4 Å². The predicted octanol–water partition coefficient (Wildman–Crippen LogP) is 1.24. The van der Waals surface area contributed by atoms with E-state index in [2.05, 4.69) is 42.5 Å². The molecular formula is C55H85N11O9. The van der Waals surface area contributed by atoms with Gasteiger partial charge in [0.05, 0.1) is 0 Å². The number of benzene rings is 2. The van der Waals surface area contributed by atoms with Crippen LogP contribution in [0.4, 0.5) is 0 Å². The highest BCUT2D eigenvalue weighted by molar-refractivity contribution is 5.99. The third kappa shape index (κ3) is 19.0. The van der Waals surface area contributed by atoms with E-state index in [0.29, 0.717) is 24.8 Å². The number of nitrogens with two attached hydrogens (primary N) is 2. The van der Waals surface area contributed by atoms with E-state index in [1.54, 1.807) is 70.2 Å². The van der Waals surface area contributed by atoms with Crippen molar-refractivity contribution in [2.45, 2.75) is 174 Å². The largest absolute Gasteiger partial charge is 0.343 e. The maximum Gasteiger partial charge on any atom is 0.246 e. The summed E-state index contributed by atoms with van der Waals surface area (Å²) in [5.41, 5.74) is 13.2. The van der Waals surface area contributed by atoms with Crippen LogP contribution < -0.4 is 54.0 Å². The molecule has 2 aromatic carbocycles. The first kappa shape index (κ1) is 61.1. The molecule has 0 spiro atoms. The maximum absolute atomic E-state index is 14.8. The summed E-state index contributed by atoms with van der Waals surface area (Å²) in [6.07, 6.45) is 1.87. The topological polar surface area (TPSA) is 305 Å². The van der Waals surface area contributed by atoms with Gasteiger partial charge in [0.2, 0.25) is 53.2 Å². The van der Waals surface area contributed by atoms with E-state index >= 15 is 0 Å². The lowest BCUT2D eigenvalue weighted by molar-refractivity contribution is -0.143. The number of rotatable bonds is 16. The summed E-state index contributed by atoms with van der Waals surface area (Å²) in [4.78, 5) is 131. The molecule has 0 bridgehead atoms. The first-order valence-electron chi connectivity index (χ1n) is 26.8. The number of nitrogens with one attached hydrogen (secondary N) is 8. The third-order valence-corrected chi connectivity index (χ3v) is 13.5. The van der Waals surface area contributed by atoms with Crippen molar-refractivity contribution >= 4 is 53.2 Å². The van der Waals surface area contributed by atoms with Gasteiger partial charge < -0.3 is 58.9 Å². The average Bonchev–Trinajstić information content (AvgIpc) is 3.86. The lowest BCUT2D eigenvalue weighted by Crippen LogP contribution is -2.61. The summed E-state index contributed by atoms with van der Waals surface area (Å²) in [5, 5.41) is 22.7. The second-order valence-electron chi connectivity index (χ2n) is 21.5. The minimum atomic E-state index is -1.26. The van der Waals surface area contributed by atoms with Crippen LogP contribution in [-0.2, 0) is 56.0 Å². The Kier molecular flexibility index (Phi) is 24.6. The molecule has 0 aromatic heterocycles. The van der Waals surface area contributed by atoms with Crippen LogP contribution in [0.2, 0.25) is 0 Å². The fourth-order valence-electron chi connectivity index (χ4n) is 9.39. The van der Waals surface area contributed by atoms with Crippen molar-refractivity contribution in [1.29, 1.82) is 0 Å². The molecule has 75 heavy (non-hydrogen) atoms. The Balaban J connectivity index is 1.84. The first-order chi connectivity index (χ1) is 35.6. The second-order valence-corrected chi connectivity index (χ2v) is 21.5. The Morgan fingerprint density at radius 1 is 0.453 bits per heavy atom. The van der Waals surface area contributed by atoms with Gasteiger partial charge in [-0.2, -0.15) is 0 Å². The van der Waals surface area contributed by atoms with E-state index in [4.69, 9.17) is 11.5 Å². The molecule has 12 N–H and O–H groups in total. The number of hydrogen-bond donors (Lipinski definition) is 10. The van der Waals surface area contributed by atoms with Gasteiger partial charge in [-0.1, -0.05) is 116 Å². The summed E-state index contributed by atoms with van der Waals surface area (Å²) in [6, 6.07) is 7.37. The number of carbonyl (C=O) groups is 9. The molecular weight excluding hydrogens is 959 g/mol. The minimum Gasteiger partial charge on any atom is -0.343 e. The standard InChI is InChI=1S/C55H85N11O9/c1-32(2)28-40-49(69)62-42(30-36-18-11-9-12-19-36)51(71)64-45(34(5)6)53(73)58-38(22-15-25-56)48(68)61-41(29-33(3)4)50(70)63-43(31-37-20-13-10-14-21-37)55(75)66-27-17-24-44(66)52(72)65-46(35(7)8)54(74)59-39(23-16-26-57)47(67)60-40/h9-14,18-21,32-35,38-46H,15-17,22-31,56-57H2,1-8H3,(H,58,73)(H,59,74)(H,60,67)(H,61,68)(H,62,69)(H,63,70)(H,64,71)(H,65,72)/t38-,39-,40-,41+,42+,43-,44+,45-,46+/m1/s1. The molecule has 2 aromatic rings. The van der Waals surface area contributed by atoms with Gasteiger partial charge in [-0.25, -0.2) is 0 Å². The van der Waals surface area contributed by atoms with Crippen molar-refractivity contribution in [3.63, 3.8) is 0 Å². The molecule has 20 heteroatoms.